The maximum Gasteiger partial charge on any atom is 0.226 e. The lowest BCUT2D eigenvalue weighted by atomic mass is 9.96. The largest absolute Gasteiger partial charge is 0.355 e. The summed E-state index contributed by atoms with van der Waals surface area (Å²) >= 11 is 0. The first-order valence-corrected chi connectivity index (χ1v) is 14.0. The van der Waals surface area contributed by atoms with Gasteiger partial charge < -0.3 is 14.2 Å². The molecule has 4 heterocycles. The van der Waals surface area contributed by atoms with Crippen molar-refractivity contribution in [3.8, 4) is 0 Å². The van der Waals surface area contributed by atoms with Gasteiger partial charge in [-0.05, 0) is 73.8 Å². The molecule has 3 aromatic carbocycles. The van der Waals surface area contributed by atoms with Crippen LogP contribution in [0.4, 0.5) is 14.5 Å². The lowest BCUT2D eigenvalue weighted by molar-refractivity contribution is 0.159. The summed E-state index contributed by atoms with van der Waals surface area (Å²) < 4.78 is 32.9. The molecule has 7 rings (SSSR count). The predicted octanol–water partition coefficient (Wildman–Crippen LogP) is 5.37. The van der Waals surface area contributed by atoms with E-state index >= 15 is 0 Å². The van der Waals surface area contributed by atoms with E-state index in [0.717, 1.165) is 50.1 Å². The number of aromatic nitrogens is 2. The van der Waals surface area contributed by atoms with E-state index in [1.54, 1.807) is 17.0 Å². The SMILES string of the molecule is Cn1cc(C2=NNC(O)N2c2cn(CC3CCN(Cc4ccccc4)CC3)c3ccc(F)cc23)c2cc(F)ccc21. The number of fused-ring (bicyclic) bond motifs is 2. The minimum atomic E-state index is -1.16. The zero-order valence-corrected chi connectivity index (χ0v) is 22.8. The maximum atomic E-state index is 14.6. The number of nitrogens with zero attached hydrogens (tertiary/aromatic N) is 5. The number of aryl methyl sites for hydroxylation is 1. The Labute approximate surface area is 236 Å². The van der Waals surface area contributed by atoms with E-state index in [4.69, 9.17) is 0 Å². The first-order valence-electron chi connectivity index (χ1n) is 14.0. The Hall–Kier alpha value is -4.21. The number of halogens is 2. The van der Waals surface area contributed by atoms with Crippen molar-refractivity contribution in [2.45, 2.75) is 32.3 Å². The van der Waals surface area contributed by atoms with Crippen LogP contribution in [0.25, 0.3) is 21.8 Å². The van der Waals surface area contributed by atoms with Crippen LogP contribution in [0.3, 0.4) is 0 Å². The van der Waals surface area contributed by atoms with Gasteiger partial charge in [-0.15, -0.1) is 0 Å². The van der Waals surface area contributed by atoms with Crippen molar-refractivity contribution >= 4 is 33.3 Å². The monoisotopic (exact) mass is 554 g/mol. The molecule has 9 heteroatoms. The number of aliphatic hydroxyl groups is 1. The number of hydrogen-bond donors (Lipinski definition) is 2. The molecule has 0 radical (unpaired) electrons. The Morgan fingerprint density at radius 3 is 2.37 bits per heavy atom. The van der Waals surface area contributed by atoms with Crippen LogP contribution >= 0.6 is 0 Å². The van der Waals surface area contributed by atoms with Crippen molar-refractivity contribution in [1.82, 2.24) is 19.5 Å². The van der Waals surface area contributed by atoms with Gasteiger partial charge in [-0.2, -0.15) is 5.10 Å². The molecule has 7 nitrogen and oxygen atoms in total. The molecule has 0 spiro atoms. The number of likely N-dealkylation sites (tertiary alicyclic amines) is 1. The van der Waals surface area contributed by atoms with Gasteiger partial charge in [0, 0.05) is 54.4 Å². The standard InChI is InChI=1S/C32H32F2N6O/c1-37-19-27(25-15-23(33)7-9-28(25)37)31-35-36-32(41)40(31)30-20-39(29-10-8-24(34)16-26(29)30)18-22-11-13-38(14-12-22)17-21-5-3-2-4-6-21/h2-10,15-16,19-20,22,32,36,41H,11-14,17-18H2,1H3. The Bertz CT molecular complexity index is 1750. The Morgan fingerprint density at radius 2 is 1.61 bits per heavy atom. The zero-order chi connectivity index (χ0) is 28.1. The highest BCUT2D eigenvalue weighted by molar-refractivity contribution is 6.20. The van der Waals surface area contributed by atoms with Crippen molar-refractivity contribution in [3.63, 3.8) is 0 Å². The lowest BCUT2D eigenvalue weighted by Gasteiger charge is -2.32. The molecule has 1 atom stereocenters. The molecule has 1 fully saturated rings. The van der Waals surface area contributed by atoms with E-state index in [1.807, 2.05) is 30.1 Å². The van der Waals surface area contributed by atoms with Crippen LogP contribution in [0.15, 0.2) is 84.2 Å². The Kier molecular flexibility index (Phi) is 6.48. The summed E-state index contributed by atoms with van der Waals surface area (Å²) in [6.45, 7) is 3.82. The van der Waals surface area contributed by atoms with Gasteiger partial charge in [0.25, 0.3) is 0 Å². The van der Waals surface area contributed by atoms with Gasteiger partial charge in [-0.1, -0.05) is 30.3 Å². The fraction of sp³-hybridized carbons (Fsp3) is 0.281. The summed E-state index contributed by atoms with van der Waals surface area (Å²) in [6.07, 6.45) is 4.85. The van der Waals surface area contributed by atoms with E-state index in [1.165, 1.54) is 29.8 Å². The second-order valence-electron chi connectivity index (χ2n) is 11.2. The number of benzene rings is 3. The third kappa shape index (κ3) is 4.75. The maximum absolute atomic E-state index is 14.6. The zero-order valence-electron chi connectivity index (χ0n) is 22.8. The number of rotatable bonds is 6. The van der Waals surface area contributed by atoms with Crippen LogP contribution in [-0.2, 0) is 20.1 Å². The van der Waals surface area contributed by atoms with Gasteiger partial charge >= 0.3 is 0 Å². The third-order valence-corrected chi connectivity index (χ3v) is 8.44. The second kappa shape index (κ2) is 10.3. The van der Waals surface area contributed by atoms with Crippen LogP contribution in [0, 0.1) is 17.6 Å². The quantitative estimate of drug-likeness (QED) is 0.296. The smallest absolute Gasteiger partial charge is 0.226 e. The van der Waals surface area contributed by atoms with Crippen molar-refractivity contribution in [2.75, 3.05) is 18.0 Å². The molecule has 5 aromatic rings. The molecule has 0 bridgehead atoms. The van der Waals surface area contributed by atoms with Gasteiger partial charge in [0.05, 0.1) is 11.2 Å². The van der Waals surface area contributed by atoms with Crippen molar-refractivity contribution < 1.29 is 13.9 Å². The fourth-order valence-corrected chi connectivity index (χ4v) is 6.37. The molecule has 2 aromatic heterocycles. The number of piperidine rings is 1. The highest BCUT2D eigenvalue weighted by atomic mass is 19.1. The minimum absolute atomic E-state index is 0.349. The number of hydrogen-bond acceptors (Lipinski definition) is 5. The van der Waals surface area contributed by atoms with Crippen molar-refractivity contribution in [2.24, 2.45) is 18.1 Å². The molecule has 0 amide bonds. The molecule has 41 heavy (non-hydrogen) atoms. The Morgan fingerprint density at radius 1 is 0.902 bits per heavy atom. The first-order chi connectivity index (χ1) is 19.9. The van der Waals surface area contributed by atoms with E-state index in [0.29, 0.717) is 33.8 Å². The molecule has 2 N–H and O–H groups in total. The molecule has 2 aliphatic rings. The summed E-state index contributed by atoms with van der Waals surface area (Å²) in [5.74, 6) is 0.229. The minimum Gasteiger partial charge on any atom is -0.355 e. The number of amidine groups is 1. The fourth-order valence-electron chi connectivity index (χ4n) is 6.37. The van der Waals surface area contributed by atoms with Crippen molar-refractivity contribution in [3.05, 3.63) is 102 Å². The Balaban J connectivity index is 1.19. The van der Waals surface area contributed by atoms with E-state index in [9.17, 15) is 13.9 Å². The highest BCUT2D eigenvalue weighted by Gasteiger charge is 2.33. The van der Waals surface area contributed by atoms with Crippen LogP contribution in [0.5, 0.6) is 0 Å². The van der Waals surface area contributed by atoms with Crippen molar-refractivity contribution in [1.29, 1.82) is 0 Å². The van der Waals surface area contributed by atoms with Crippen LogP contribution in [-0.4, -0.2) is 44.4 Å². The average molecular weight is 555 g/mol. The van der Waals surface area contributed by atoms with Gasteiger partial charge in [-0.25, -0.2) is 8.78 Å². The van der Waals surface area contributed by atoms with Gasteiger partial charge in [0.1, 0.15) is 11.6 Å². The normalized spacial score (nSPS) is 18.4. The molecule has 0 saturated carbocycles. The number of hydrazone groups is 1. The highest BCUT2D eigenvalue weighted by Crippen LogP contribution is 2.36. The summed E-state index contributed by atoms with van der Waals surface area (Å²) in [7, 11) is 1.89. The summed E-state index contributed by atoms with van der Waals surface area (Å²) in [5, 5.41) is 16.8. The first kappa shape index (κ1) is 25.7. The molecule has 210 valence electrons. The van der Waals surface area contributed by atoms with Crippen LogP contribution in [0.1, 0.15) is 24.0 Å². The van der Waals surface area contributed by atoms with E-state index < -0.39 is 6.35 Å². The molecule has 2 aliphatic heterocycles. The third-order valence-electron chi connectivity index (χ3n) is 8.44. The van der Waals surface area contributed by atoms with Gasteiger partial charge in [0.2, 0.25) is 6.35 Å². The summed E-state index contributed by atoms with van der Waals surface area (Å²) in [4.78, 5) is 4.17. The van der Waals surface area contributed by atoms with Gasteiger partial charge in [0.15, 0.2) is 5.84 Å². The van der Waals surface area contributed by atoms with Gasteiger partial charge in [-0.3, -0.25) is 15.2 Å². The number of aliphatic hydroxyl groups excluding tert-OH is 1. The van der Waals surface area contributed by atoms with E-state index in [2.05, 4.69) is 44.3 Å². The van der Waals surface area contributed by atoms with Crippen LogP contribution in [0.2, 0.25) is 0 Å². The number of anilines is 1. The lowest BCUT2D eigenvalue weighted by Crippen LogP contribution is -2.40. The summed E-state index contributed by atoms with van der Waals surface area (Å²) in [5.41, 5.74) is 7.15. The van der Waals surface area contributed by atoms with Crippen LogP contribution < -0.4 is 10.3 Å². The average Bonchev–Trinajstić information content (AvgIpc) is 3.62. The molecule has 1 unspecified atom stereocenters. The second-order valence-corrected chi connectivity index (χ2v) is 11.2. The predicted molar refractivity (Wildman–Crippen MR) is 157 cm³/mol. The topological polar surface area (TPSA) is 61.0 Å². The molecular formula is C32H32F2N6O. The number of nitrogens with one attached hydrogen (secondary N) is 1. The molecular weight excluding hydrogens is 522 g/mol. The summed E-state index contributed by atoms with van der Waals surface area (Å²) in [6, 6.07) is 20.0. The van der Waals surface area contributed by atoms with E-state index in [-0.39, 0.29) is 11.6 Å². The molecule has 1 saturated heterocycles. The molecule has 0 aliphatic carbocycles.